The molecule has 9 heteroatoms. The third-order valence-corrected chi connectivity index (χ3v) is 6.10. The smallest absolute Gasteiger partial charge is 0.255 e. The van der Waals surface area contributed by atoms with E-state index in [1.807, 2.05) is 0 Å². The summed E-state index contributed by atoms with van der Waals surface area (Å²) in [6, 6.07) is 2.71. The van der Waals surface area contributed by atoms with Gasteiger partial charge in [0.15, 0.2) is 11.5 Å². The molecule has 2 atom stereocenters. The fourth-order valence-corrected chi connectivity index (χ4v) is 4.16. The van der Waals surface area contributed by atoms with E-state index >= 15 is 0 Å². The zero-order valence-corrected chi connectivity index (χ0v) is 16.5. The first kappa shape index (κ1) is 19.9. The van der Waals surface area contributed by atoms with Crippen LogP contribution in [-0.2, 0) is 10.0 Å². The molecule has 150 valence electrons. The topological polar surface area (TPSA) is 120 Å². The molecule has 2 fully saturated rings. The number of carbonyl (C=O) groups is 1. The van der Waals surface area contributed by atoms with Gasteiger partial charge in [-0.2, -0.15) is 0 Å². The number of hydrogen-bond donors (Lipinski definition) is 3. The molecule has 1 heterocycles. The fraction of sp³-hybridized carbons (Fsp3) is 0.611. The van der Waals surface area contributed by atoms with E-state index in [0.29, 0.717) is 5.92 Å². The summed E-state index contributed by atoms with van der Waals surface area (Å²) in [6.45, 7) is 0.944. The van der Waals surface area contributed by atoms with Crippen LogP contribution in [0.3, 0.4) is 0 Å². The van der Waals surface area contributed by atoms with Gasteiger partial charge in [0.05, 0.1) is 24.7 Å². The molecule has 1 saturated carbocycles. The first-order chi connectivity index (χ1) is 12.8. The molecule has 1 aliphatic carbocycles. The quantitative estimate of drug-likeness (QED) is 0.602. The molecule has 1 aliphatic heterocycles. The van der Waals surface area contributed by atoms with Gasteiger partial charge in [-0.05, 0) is 37.8 Å². The third kappa shape index (κ3) is 4.72. The van der Waals surface area contributed by atoms with Crippen molar-refractivity contribution in [3.05, 3.63) is 17.7 Å². The summed E-state index contributed by atoms with van der Waals surface area (Å²) in [5, 5.41) is 11.8. The van der Waals surface area contributed by atoms with Gasteiger partial charge >= 0.3 is 0 Å². The molecule has 0 spiro atoms. The number of methoxy groups -OCH3 is 2. The molecular formula is C18H27N3O5S. The number of rotatable bonds is 8. The van der Waals surface area contributed by atoms with Gasteiger partial charge in [0.25, 0.3) is 5.91 Å². The highest BCUT2D eigenvalue weighted by Crippen LogP contribution is 2.36. The maximum Gasteiger partial charge on any atom is 0.255 e. The zero-order valence-electron chi connectivity index (χ0n) is 15.7. The molecule has 2 unspecified atom stereocenters. The Kier molecular flexibility index (Phi) is 5.92. The highest BCUT2D eigenvalue weighted by atomic mass is 32.2. The van der Waals surface area contributed by atoms with E-state index in [2.05, 4.69) is 10.6 Å². The van der Waals surface area contributed by atoms with E-state index in [4.69, 9.17) is 14.6 Å². The van der Waals surface area contributed by atoms with E-state index in [9.17, 15) is 13.2 Å². The van der Waals surface area contributed by atoms with Crippen LogP contribution in [0.15, 0.2) is 17.0 Å². The average molecular weight is 397 g/mol. The molecule has 0 bridgehead atoms. The highest BCUT2D eigenvalue weighted by Gasteiger charge is 2.33. The number of nitrogens with two attached hydrogens (primary N) is 1. The van der Waals surface area contributed by atoms with Gasteiger partial charge < -0.3 is 20.1 Å². The van der Waals surface area contributed by atoms with Crippen molar-refractivity contribution in [3.8, 4) is 11.5 Å². The number of nitrogens with one attached hydrogen (secondary N) is 2. The summed E-state index contributed by atoms with van der Waals surface area (Å²) in [6.07, 6.45) is 5.39. The maximum atomic E-state index is 13.0. The predicted octanol–water partition coefficient (Wildman–Crippen LogP) is 1.00. The largest absolute Gasteiger partial charge is 0.493 e. The standard InChI is InChI=1S/C18H27N3O5S/c1-25-16-10-12(27(19,23)24)9-13(17(16)26-2)18(22)21-15(8-11-5-6-11)14-4-3-7-20-14/h9-11,14-15,20H,3-8H2,1-2H3,(H,21,22)(H2,19,23,24). The summed E-state index contributed by atoms with van der Waals surface area (Å²) in [7, 11) is -1.21. The van der Waals surface area contributed by atoms with Gasteiger partial charge in [-0.25, -0.2) is 13.6 Å². The summed E-state index contributed by atoms with van der Waals surface area (Å²) >= 11 is 0. The molecule has 1 aromatic rings. The van der Waals surface area contributed by atoms with Crippen LogP contribution in [0, 0.1) is 5.92 Å². The van der Waals surface area contributed by atoms with Crippen molar-refractivity contribution < 1.29 is 22.7 Å². The SMILES string of the molecule is COc1cc(S(N)(=O)=O)cc(C(=O)NC(CC2CC2)C2CCCN2)c1OC. The van der Waals surface area contributed by atoms with E-state index in [0.717, 1.165) is 25.8 Å². The third-order valence-electron chi connectivity index (χ3n) is 5.21. The molecule has 3 rings (SSSR count). The molecule has 1 amide bonds. The lowest BCUT2D eigenvalue weighted by atomic mass is 9.99. The summed E-state index contributed by atoms with van der Waals surface area (Å²) in [5.74, 6) is 0.582. The Morgan fingerprint density at radius 3 is 2.56 bits per heavy atom. The van der Waals surface area contributed by atoms with Gasteiger partial charge in [0.1, 0.15) is 0 Å². The molecule has 0 radical (unpaired) electrons. The monoisotopic (exact) mass is 397 g/mol. The number of benzene rings is 1. The lowest BCUT2D eigenvalue weighted by molar-refractivity contribution is 0.0921. The van der Waals surface area contributed by atoms with E-state index < -0.39 is 15.9 Å². The Morgan fingerprint density at radius 2 is 2.04 bits per heavy atom. The number of ether oxygens (including phenoxy) is 2. The van der Waals surface area contributed by atoms with Gasteiger partial charge in [-0.15, -0.1) is 0 Å². The number of sulfonamides is 1. The van der Waals surface area contributed by atoms with Crippen LogP contribution in [0.4, 0.5) is 0 Å². The second-order valence-electron chi connectivity index (χ2n) is 7.21. The predicted molar refractivity (Wildman–Crippen MR) is 101 cm³/mol. The van der Waals surface area contributed by atoms with Crippen LogP contribution < -0.4 is 25.2 Å². The van der Waals surface area contributed by atoms with Crippen molar-refractivity contribution in [2.75, 3.05) is 20.8 Å². The van der Waals surface area contributed by atoms with E-state index in [1.54, 1.807) is 0 Å². The number of carbonyl (C=O) groups excluding carboxylic acids is 1. The van der Waals surface area contributed by atoms with Crippen LogP contribution in [0.2, 0.25) is 0 Å². The van der Waals surface area contributed by atoms with Crippen LogP contribution in [-0.4, -0.2) is 47.2 Å². The van der Waals surface area contributed by atoms with Gasteiger partial charge in [0.2, 0.25) is 10.0 Å². The van der Waals surface area contributed by atoms with Crippen molar-refractivity contribution in [1.82, 2.24) is 10.6 Å². The minimum Gasteiger partial charge on any atom is -0.493 e. The highest BCUT2D eigenvalue weighted by molar-refractivity contribution is 7.89. The summed E-state index contributed by atoms with van der Waals surface area (Å²) in [4.78, 5) is 12.8. The van der Waals surface area contributed by atoms with E-state index in [1.165, 1.54) is 39.2 Å². The maximum absolute atomic E-state index is 13.0. The minimum absolute atomic E-state index is 0.0126. The Bertz CT molecular complexity index is 801. The molecule has 1 aromatic carbocycles. The molecule has 0 aromatic heterocycles. The van der Waals surface area contributed by atoms with Crippen LogP contribution >= 0.6 is 0 Å². The lowest BCUT2D eigenvalue weighted by Crippen LogP contribution is -2.47. The number of amides is 1. The number of primary sulfonamides is 1. The Hall–Kier alpha value is -1.84. The fourth-order valence-electron chi connectivity index (χ4n) is 3.61. The first-order valence-corrected chi connectivity index (χ1v) is 10.7. The summed E-state index contributed by atoms with van der Waals surface area (Å²) in [5.41, 5.74) is 0.0969. The number of hydrogen-bond acceptors (Lipinski definition) is 6. The Balaban J connectivity index is 1.91. The van der Waals surface area contributed by atoms with Crippen molar-refractivity contribution in [2.45, 2.75) is 49.1 Å². The Morgan fingerprint density at radius 1 is 1.30 bits per heavy atom. The minimum atomic E-state index is -4.00. The van der Waals surface area contributed by atoms with Crippen molar-refractivity contribution in [3.63, 3.8) is 0 Å². The van der Waals surface area contributed by atoms with Gasteiger partial charge in [0, 0.05) is 18.2 Å². The molecule has 2 aliphatic rings. The van der Waals surface area contributed by atoms with Crippen LogP contribution in [0.5, 0.6) is 11.5 Å². The first-order valence-electron chi connectivity index (χ1n) is 9.16. The summed E-state index contributed by atoms with van der Waals surface area (Å²) < 4.78 is 34.1. The van der Waals surface area contributed by atoms with E-state index in [-0.39, 0.29) is 34.0 Å². The van der Waals surface area contributed by atoms with Gasteiger partial charge in [-0.3, -0.25) is 4.79 Å². The normalized spacial score (nSPS) is 20.9. The molecular weight excluding hydrogens is 370 g/mol. The van der Waals surface area contributed by atoms with Gasteiger partial charge in [-0.1, -0.05) is 12.8 Å². The van der Waals surface area contributed by atoms with Crippen molar-refractivity contribution >= 4 is 15.9 Å². The molecule has 8 nitrogen and oxygen atoms in total. The molecule has 4 N–H and O–H groups in total. The second-order valence-corrected chi connectivity index (χ2v) is 8.77. The second kappa shape index (κ2) is 8.04. The van der Waals surface area contributed by atoms with Crippen LogP contribution in [0.25, 0.3) is 0 Å². The Labute approximate surface area is 159 Å². The zero-order chi connectivity index (χ0) is 19.6. The van der Waals surface area contributed by atoms with Crippen molar-refractivity contribution in [2.24, 2.45) is 11.1 Å². The van der Waals surface area contributed by atoms with Crippen molar-refractivity contribution in [1.29, 1.82) is 0 Å². The lowest BCUT2D eigenvalue weighted by Gasteiger charge is -2.26. The molecule has 27 heavy (non-hydrogen) atoms. The average Bonchev–Trinajstić information content (AvgIpc) is 3.28. The van der Waals surface area contributed by atoms with Crippen LogP contribution in [0.1, 0.15) is 42.5 Å². The molecule has 1 saturated heterocycles.